The van der Waals surface area contributed by atoms with Crippen molar-refractivity contribution < 1.29 is 9.47 Å². The zero-order chi connectivity index (χ0) is 17.5. The number of rotatable bonds is 6. The van der Waals surface area contributed by atoms with Crippen molar-refractivity contribution in [3.8, 4) is 11.5 Å². The lowest BCUT2D eigenvalue weighted by Crippen LogP contribution is -2.39. The van der Waals surface area contributed by atoms with E-state index in [9.17, 15) is 0 Å². The van der Waals surface area contributed by atoms with E-state index < -0.39 is 0 Å². The minimum absolute atomic E-state index is 0.0476. The Kier molecular flexibility index (Phi) is 6.87. The highest BCUT2D eigenvalue weighted by molar-refractivity contribution is 9.10. The highest BCUT2D eigenvalue weighted by Crippen LogP contribution is 2.25. The van der Waals surface area contributed by atoms with Crippen LogP contribution >= 0.6 is 28.1 Å². The molecular weight excluding hydrogens is 388 g/mol. The number of anilines is 1. The van der Waals surface area contributed by atoms with Crippen molar-refractivity contribution in [3.05, 3.63) is 52.5 Å². The number of benzene rings is 2. The Morgan fingerprint density at radius 3 is 2.58 bits per heavy atom. The summed E-state index contributed by atoms with van der Waals surface area (Å²) in [6.45, 7) is 4.52. The number of para-hydroxylation sites is 2. The molecule has 1 unspecified atom stereocenters. The monoisotopic (exact) mass is 408 g/mol. The first-order valence-electron chi connectivity index (χ1n) is 7.59. The van der Waals surface area contributed by atoms with Crippen molar-refractivity contribution in [2.75, 3.05) is 19.0 Å². The Morgan fingerprint density at radius 1 is 1.21 bits per heavy atom. The first-order valence-corrected chi connectivity index (χ1v) is 8.79. The van der Waals surface area contributed by atoms with Crippen LogP contribution in [-0.4, -0.2) is 24.9 Å². The van der Waals surface area contributed by atoms with Gasteiger partial charge in [0.15, 0.2) is 16.6 Å². The molecule has 6 heteroatoms. The summed E-state index contributed by atoms with van der Waals surface area (Å²) >= 11 is 8.84. The quantitative estimate of drug-likeness (QED) is 0.687. The van der Waals surface area contributed by atoms with Crippen LogP contribution in [0.1, 0.15) is 12.5 Å². The number of ether oxygens (including phenoxy) is 2. The van der Waals surface area contributed by atoms with Gasteiger partial charge in [0.1, 0.15) is 6.61 Å². The largest absolute Gasteiger partial charge is 0.493 e. The van der Waals surface area contributed by atoms with Crippen LogP contribution in [0.15, 0.2) is 46.9 Å². The molecule has 0 fully saturated rings. The van der Waals surface area contributed by atoms with E-state index in [1.807, 2.05) is 56.3 Å². The van der Waals surface area contributed by atoms with Gasteiger partial charge in [0, 0.05) is 10.2 Å². The average molecular weight is 409 g/mol. The Morgan fingerprint density at radius 2 is 1.92 bits per heavy atom. The van der Waals surface area contributed by atoms with Crippen LogP contribution in [0.25, 0.3) is 0 Å². The van der Waals surface area contributed by atoms with E-state index in [0.717, 1.165) is 27.2 Å². The number of aryl methyl sites for hydroxylation is 1. The van der Waals surface area contributed by atoms with Gasteiger partial charge in [-0.2, -0.15) is 0 Å². The summed E-state index contributed by atoms with van der Waals surface area (Å²) in [6, 6.07) is 13.6. The molecule has 24 heavy (non-hydrogen) atoms. The van der Waals surface area contributed by atoms with Crippen molar-refractivity contribution in [2.24, 2.45) is 0 Å². The highest BCUT2D eigenvalue weighted by atomic mass is 79.9. The van der Waals surface area contributed by atoms with Crippen LogP contribution in [-0.2, 0) is 0 Å². The van der Waals surface area contributed by atoms with Gasteiger partial charge in [-0.3, -0.25) is 0 Å². The third-order valence-electron chi connectivity index (χ3n) is 3.35. The van der Waals surface area contributed by atoms with Crippen molar-refractivity contribution in [1.82, 2.24) is 5.32 Å². The summed E-state index contributed by atoms with van der Waals surface area (Å²) in [7, 11) is 1.63. The second-order valence-corrected chi connectivity index (χ2v) is 6.69. The van der Waals surface area contributed by atoms with Gasteiger partial charge in [-0.1, -0.05) is 28.1 Å². The molecule has 0 amide bonds. The summed E-state index contributed by atoms with van der Waals surface area (Å²) in [5.74, 6) is 1.44. The number of methoxy groups -OCH3 is 1. The van der Waals surface area contributed by atoms with E-state index in [-0.39, 0.29) is 6.04 Å². The van der Waals surface area contributed by atoms with Crippen LogP contribution in [0.4, 0.5) is 5.69 Å². The lowest BCUT2D eigenvalue weighted by molar-refractivity contribution is 0.270. The maximum absolute atomic E-state index is 5.79. The number of halogens is 1. The van der Waals surface area contributed by atoms with Gasteiger partial charge < -0.3 is 20.1 Å². The molecule has 0 bridgehead atoms. The van der Waals surface area contributed by atoms with Gasteiger partial charge in [0.05, 0.1) is 13.2 Å². The van der Waals surface area contributed by atoms with E-state index in [1.54, 1.807) is 7.11 Å². The zero-order valence-corrected chi connectivity index (χ0v) is 16.3. The summed E-state index contributed by atoms with van der Waals surface area (Å²) in [6.07, 6.45) is 0. The summed E-state index contributed by atoms with van der Waals surface area (Å²) in [4.78, 5) is 0. The van der Waals surface area contributed by atoms with E-state index in [2.05, 4.69) is 26.6 Å². The molecule has 0 saturated carbocycles. The Bertz CT molecular complexity index is 709. The molecule has 0 radical (unpaired) electrons. The SMILES string of the molecule is COc1ccccc1OCC(C)NC(=S)Nc1ccc(Br)c(C)c1. The second kappa shape index (κ2) is 8.89. The Hall–Kier alpha value is -1.79. The molecule has 0 aliphatic heterocycles. The minimum Gasteiger partial charge on any atom is -0.493 e. The van der Waals surface area contributed by atoms with Crippen LogP contribution in [0.5, 0.6) is 11.5 Å². The van der Waals surface area contributed by atoms with Crippen molar-refractivity contribution >= 4 is 38.9 Å². The molecule has 0 saturated heterocycles. The van der Waals surface area contributed by atoms with Gasteiger partial charge in [-0.25, -0.2) is 0 Å². The molecule has 2 aromatic carbocycles. The summed E-state index contributed by atoms with van der Waals surface area (Å²) in [5, 5.41) is 6.96. The first-order chi connectivity index (χ1) is 11.5. The van der Waals surface area contributed by atoms with Crippen molar-refractivity contribution in [2.45, 2.75) is 19.9 Å². The fourth-order valence-electron chi connectivity index (χ4n) is 2.11. The molecule has 0 aliphatic rings. The standard InChI is InChI=1S/C18H21BrN2O2S/c1-12-10-14(8-9-15(12)19)21-18(24)20-13(2)11-23-17-7-5-4-6-16(17)22-3/h4-10,13H,11H2,1-3H3,(H2,20,21,24). The minimum atomic E-state index is 0.0476. The topological polar surface area (TPSA) is 42.5 Å². The molecule has 1 atom stereocenters. The summed E-state index contributed by atoms with van der Waals surface area (Å²) in [5.41, 5.74) is 2.10. The number of hydrogen-bond donors (Lipinski definition) is 2. The van der Waals surface area contributed by atoms with E-state index in [1.165, 1.54) is 0 Å². The lowest BCUT2D eigenvalue weighted by atomic mass is 10.2. The highest BCUT2D eigenvalue weighted by Gasteiger charge is 2.08. The number of nitrogens with one attached hydrogen (secondary N) is 2. The molecular formula is C18H21BrN2O2S. The molecule has 0 spiro atoms. The molecule has 0 aromatic heterocycles. The first kappa shape index (κ1) is 18.5. The molecule has 0 heterocycles. The van der Waals surface area contributed by atoms with Gasteiger partial charge in [0.2, 0.25) is 0 Å². The predicted octanol–water partition coefficient (Wildman–Crippen LogP) is 4.52. The zero-order valence-electron chi connectivity index (χ0n) is 13.9. The van der Waals surface area contributed by atoms with Crippen LogP contribution in [0.3, 0.4) is 0 Å². The molecule has 4 nitrogen and oxygen atoms in total. The maximum Gasteiger partial charge on any atom is 0.171 e. The van der Waals surface area contributed by atoms with E-state index in [4.69, 9.17) is 21.7 Å². The average Bonchev–Trinajstić information content (AvgIpc) is 2.56. The normalized spacial score (nSPS) is 11.5. The molecule has 128 valence electrons. The van der Waals surface area contributed by atoms with Gasteiger partial charge >= 0.3 is 0 Å². The molecule has 2 aromatic rings. The number of thiocarbonyl (C=S) groups is 1. The number of hydrogen-bond acceptors (Lipinski definition) is 3. The van der Waals surface area contributed by atoms with Gasteiger partial charge in [-0.15, -0.1) is 0 Å². The molecule has 0 aliphatic carbocycles. The van der Waals surface area contributed by atoms with Crippen molar-refractivity contribution in [3.63, 3.8) is 0 Å². The van der Waals surface area contributed by atoms with Crippen LogP contribution in [0, 0.1) is 6.92 Å². The smallest absolute Gasteiger partial charge is 0.171 e. The third kappa shape index (κ3) is 5.39. The Labute approximate surface area is 156 Å². The Balaban J connectivity index is 1.84. The van der Waals surface area contributed by atoms with Gasteiger partial charge in [-0.05, 0) is 62.0 Å². The molecule has 2 N–H and O–H groups in total. The lowest BCUT2D eigenvalue weighted by Gasteiger charge is -2.18. The fraction of sp³-hybridized carbons (Fsp3) is 0.278. The maximum atomic E-state index is 5.79. The summed E-state index contributed by atoms with van der Waals surface area (Å²) < 4.78 is 12.1. The predicted molar refractivity (Wildman–Crippen MR) is 106 cm³/mol. The van der Waals surface area contributed by atoms with E-state index in [0.29, 0.717) is 11.7 Å². The fourth-order valence-corrected chi connectivity index (χ4v) is 2.67. The van der Waals surface area contributed by atoms with Crippen LogP contribution < -0.4 is 20.1 Å². The second-order valence-electron chi connectivity index (χ2n) is 5.43. The van der Waals surface area contributed by atoms with Crippen molar-refractivity contribution in [1.29, 1.82) is 0 Å². The van der Waals surface area contributed by atoms with Gasteiger partial charge in [0.25, 0.3) is 0 Å². The third-order valence-corrected chi connectivity index (χ3v) is 4.46. The van der Waals surface area contributed by atoms with E-state index >= 15 is 0 Å². The van der Waals surface area contributed by atoms with Crippen LogP contribution in [0.2, 0.25) is 0 Å². The molecule has 2 rings (SSSR count).